The van der Waals surface area contributed by atoms with Crippen LogP contribution in [0.1, 0.15) is 36.0 Å². The number of nitrogens with zero attached hydrogens (tertiary/aromatic N) is 2. The standard InChI is InChI=1S/C20H28N4O2.HI/c1-15-9-10-19(26-15)18(24-11-5-6-12-24)13-22-20(21)23-17-8-4-3-7-16(17)14-25-2;/h3-4,7-10,18H,5-6,11-14H2,1-2H3,(H3,21,22,23);1H. The van der Waals surface area contributed by atoms with Crippen LogP contribution in [0.2, 0.25) is 0 Å². The topological polar surface area (TPSA) is 76.0 Å². The minimum atomic E-state index is 0. The molecule has 0 bridgehead atoms. The highest BCUT2D eigenvalue weighted by Crippen LogP contribution is 2.27. The molecular weight excluding hydrogens is 455 g/mol. The Kier molecular flexibility index (Phi) is 8.59. The zero-order valence-electron chi connectivity index (χ0n) is 16.0. The molecule has 0 amide bonds. The van der Waals surface area contributed by atoms with Crippen LogP contribution in [0.3, 0.4) is 0 Å². The molecule has 3 rings (SSSR count). The molecule has 1 atom stereocenters. The van der Waals surface area contributed by atoms with E-state index in [0.29, 0.717) is 19.1 Å². The molecule has 3 N–H and O–H groups in total. The smallest absolute Gasteiger partial charge is 0.193 e. The highest BCUT2D eigenvalue weighted by molar-refractivity contribution is 14.0. The van der Waals surface area contributed by atoms with E-state index in [-0.39, 0.29) is 30.0 Å². The van der Waals surface area contributed by atoms with E-state index in [1.165, 1.54) is 12.8 Å². The number of hydrogen-bond donors (Lipinski definition) is 2. The minimum absolute atomic E-state index is 0. The van der Waals surface area contributed by atoms with Gasteiger partial charge < -0.3 is 20.2 Å². The number of benzene rings is 1. The number of hydrogen-bond acceptors (Lipinski definition) is 4. The molecular formula is C20H29IN4O2. The zero-order chi connectivity index (χ0) is 18.4. The lowest BCUT2D eigenvalue weighted by molar-refractivity contribution is 0.185. The Balaban J connectivity index is 0.00000261. The van der Waals surface area contributed by atoms with Gasteiger partial charge in [-0.05, 0) is 51.1 Å². The Bertz CT molecular complexity index is 741. The molecule has 0 radical (unpaired) electrons. The molecule has 1 aliphatic heterocycles. The van der Waals surface area contributed by atoms with Crippen LogP contribution in [-0.4, -0.2) is 37.6 Å². The van der Waals surface area contributed by atoms with Crippen molar-refractivity contribution in [2.24, 2.45) is 10.7 Å². The highest BCUT2D eigenvalue weighted by Gasteiger charge is 2.25. The van der Waals surface area contributed by atoms with Gasteiger partial charge in [-0.15, -0.1) is 24.0 Å². The van der Waals surface area contributed by atoms with E-state index in [1.54, 1.807) is 7.11 Å². The molecule has 2 heterocycles. The van der Waals surface area contributed by atoms with Gasteiger partial charge in [-0.25, -0.2) is 0 Å². The summed E-state index contributed by atoms with van der Waals surface area (Å²) in [7, 11) is 1.68. The SMILES string of the molecule is COCc1ccccc1NC(N)=NCC(c1ccc(C)o1)N1CCCC1.I. The number of halogens is 1. The average Bonchev–Trinajstić information content (AvgIpc) is 3.30. The summed E-state index contributed by atoms with van der Waals surface area (Å²) in [4.78, 5) is 7.02. The summed E-state index contributed by atoms with van der Waals surface area (Å²) in [6, 6.07) is 12.1. The fourth-order valence-corrected chi connectivity index (χ4v) is 3.36. The van der Waals surface area contributed by atoms with Crippen LogP contribution in [0.4, 0.5) is 5.69 Å². The third-order valence-corrected chi connectivity index (χ3v) is 4.69. The molecule has 27 heavy (non-hydrogen) atoms. The van der Waals surface area contributed by atoms with Gasteiger partial charge in [0.05, 0.1) is 19.2 Å². The summed E-state index contributed by atoms with van der Waals surface area (Å²) < 4.78 is 11.1. The molecule has 1 aromatic carbocycles. The number of guanidine groups is 1. The van der Waals surface area contributed by atoms with Gasteiger partial charge >= 0.3 is 0 Å². The summed E-state index contributed by atoms with van der Waals surface area (Å²) in [5, 5.41) is 3.20. The van der Waals surface area contributed by atoms with Crippen molar-refractivity contribution in [2.45, 2.75) is 32.4 Å². The van der Waals surface area contributed by atoms with Crippen molar-refractivity contribution in [1.82, 2.24) is 4.90 Å². The quantitative estimate of drug-likeness (QED) is 0.354. The van der Waals surface area contributed by atoms with Gasteiger partial charge in [-0.1, -0.05) is 18.2 Å². The first-order valence-corrected chi connectivity index (χ1v) is 9.11. The van der Waals surface area contributed by atoms with Crippen molar-refractivity contribution in [3.8, 4) is 0 Å². The van der Waals surface area contributed by atoms with Crippen LogP contribution in [0, 0.1) is 6.92 Å². The van der Waals surface area contributed by atoms with Crippen molar-refractivity contribution in [1.29, 1.82) is 0 Å². The summed E-state index contributed by atoms with van der Waals surface area (Å²) in [6.45, 7) is 5.21. The van der Waals surface area contributed by atoms with E-state index in [4.69, 9.17) is 14.9 Å². The second-order valence-corrected chi connectivity index (χ2v) is 6.65. The Labute approximate surface area is 178 Å². The van der Waals surface area contributed by atoms with Gasteiger partial charge in [0.2, 0.25) is 0 Å². The van der Waals surface area contributed by atoms with Crippen LogP contribution in [0.5, 0.6) is 0 Å². The summed E-state index contributed by atoms with van der Waals surface area (Å²) in [5.74, 6) is 2.29. The molecule has 7 heteroatoms. The largest absolute Gasteiger partial charge is 0.465 e. The predicted molar refractivity (Wildman–Crippen MR) is 120 cm³/mol. The molecule has 1 saturated heterocycles. The van der Waals surface area contributed by atoms with E-state index >= 15 is 0 Å². The van der Waals surface area contributed by atoms with E-state index < -0.39 is 0 Å². The van der Waals surface area contributed by atoms with Gasteiger partial charge in [0.25, 0.3) is 0 Å². The number of likely N-dealkylation sites (tertiary alicyclic amines) is 1. The molecule has 1 unspecified atom stereocenters. The maximum absolute atomic E-state index is 6.15. The fraction of sp³-hybridized carbons (Fsp3) is 0.450. The van der Waals surface area contributed by atoms with Crippen LogP contribution < -0.4 is 11.1 Å². The maximum Gasteiger partial charge on any atom is 0.193 e. The lowest BCUT2D eigenvalue weighted by Gasteiger charge is -2.24. The number of methoxy groups -OCH3 is 1. The fourth-order valence-electron chi connectivity index (χ4n) is 3.36. The molecule has 0 saturated carbocycles. The second kappa shape index (κ2) is 10.7. The number of rotatable bonds is 7. The van der Waals surface area contributed by atoms with Gasteiger partial charge in [0, 0.05) is 18.4 Å². The number of para-hydroxylation sites is 1. The normalized spacial score (nSPS) is 16.1. The Morgan fingerprint density at radius 3 is 2.67 bits per heavy atom. The van der Waals surface area contributed by atoms with E-state index in [9.17, 15) is 0 Å². The molecule has 2 aromatic rings. The van der Waals surface area contributed by atoms with Gasteiger partial charge in [0.15, 0.2) is 5.96 Å². The summed E-state index contributed by atoms with van der Waals surface area (Å²) >= 11 is 0. The Morgan fingerprint density at radius 2 is 2.00 bits per heavy atom. The monoisotopic (exact) mass is 484 g/mol. The molecule has 1 fully saturated rings. The maximum atomic E-state index is 6.15. The average molecular weight is 484 g/mol. The Morgan fingerprint density at radius 1 is 1.26 bits per heavy atom. The van der Waals surface area contributed by atoms with Crippen molar-refractivity contribution < 1.29 is 9.15 Å². The zero-order valence-corrected chi connectivity index (χ0v) is 18.3. The van der Waals surface area contributed by atoms with Gasteiger partial charge in [0.1, 0.15) is 11.5 Å². The molecule has 0 aliphatic carbocycles. The minimum Gasteiger partial charge on any atom is -0.465 e. The third kappa shape index (κ3) is 5.95. The van der Waals surface area contributed by atoms with Gasteiger partial charge in [-0.3, -0.25) is 9.89 Å². The number of aliphatic imine (C=N–C) groups is 1. The molecule has 6 nitrogen and oxygen atoms in total. The van der Waals surface area contributed by atoms with E-state index in [0.717, 1.165) is 35.9 Å². The lowest BCUT2D eigenvalue weighted by atomic mass is 10.2. The predicted octanol–water partition coefficient (Wildman–Crippen LogP) is 3.92. The highest BCUT2D eigenvalue weighted by atomic mass is 127. The van der Waals surface area contributed by atoms with Crippen molar-refractivity contribution in [2.75, 3.05) is 32.1 Å². The Hall–Kier alpha value is -1.58. The third-order valence-electron chi connectivity index (χ3n) is 4.69. The first-order chi connectivity index (χ1) is 12.7. The van der Waals surface area contributed by atoms with Crippen LogP contribution in [0.15, 0.2) is 45.8 Å². The summed E-state index contributed by atoms with van der Waals surface area (Å²) in [5.41, 5.74) is 8.12. The van der Waals surface area contributed by atoms with Crippen LogP contribution in [0.25, 0.3) is 0 Å². The molecule has 0 spiro atoms. The number of aryl methyl sites for hydroxylation is 1. The van der Waals surface area contributed by atoms with Crippen molar-refractivity contribution in [3.63, 3.8) is 0 Å². The molecule has 148 valence electrons. The number of anilines is 1. The van der Waals surface area contributed by atoms with E-state index in [2.05, 4.69) is 15.2 Å². The number of nitrogens with one attached hydrogen (secondary N) is 1. The van der Waals surface area contributed by atoms with Crippen molar-refractivity contribution in [3.05, 3.63) is 53.5 Å². The van der Waals surface area contributed by atoms with Crippen LogP contribution >= 0.6 is 24.0 Å². The first kappa shape index (κ1) is 21.7. The lowest BCUT2D eigenvalue weighted by Crippen LogP contribution is -2.30. The second-order valence-electron chi connectivity index (χ2n) is 6.65. The van der Waals surface area contributed by atoms with Crippen molar-refractivity contribution >= 4 is 35.6 Å². The molecule has 1 aliphatic rings. The van der Waals surface area contributed by atoms with Gasteiger partial charge in [-0.2, -0.15) is 0 Å². The van der Waals surface area contributed by atoms with Crippen LogP contribution in [-0.2, 0) is 11.3 Å². The first-order valence-electron chi connectivity index (χ1n) is 9.11. The molecule has 1 aromatic heterocycles. The number of furan rings is 1. The number of nitrogens with two attached hydrogens (primary N) is 1. The van der Waals surface area contributed by atoms with E-state index in [1.807, 2.05) is 43.3 Å². The number of ether oxygens (including phenoxy) is 1. The summed E-state index contributed by atoms with van der Waals surface area (Å²) in [6.07, 6.45) is 2.44.